The minimum atomic E-state index is -0.847. The molecule has 36 heteroatoms. The molecule has 1 aliphatic carbocycles. The first-order chi connectivity index (χ1) is 69.7. The Morgan fingerprint density at radius 3 is 0.465 bits per heavy atom. The molecule has 0 atom stereocenters. The Morgan fingerprint density at radius 1 is 0.188 bits per heavy atom. The summed E-state index contributed by atoms with van der Waals surface area (Å²) in [5.74, 6) is -5.43. The van der Waals surface area contributed by atoms with E-state index in [1.54, 1.807) is 128 Å². The molecule has 36 nitrogen and oxygen atoms in total. The molecule has 0 aromatic heterocycles. The van der Waals surface area contributed by atoms with Gasteiger partial charge in [0.1, 0.15) is 46.0 Å². The number of hydrogen-bond donors (Lipinski definition) is 16. The number of fused-ring (bicyclic) bond motifs is 4. The van der Waals surface area contributed by atoms with Crippen molar-refractivity contribution in [3.05, 3.63) is 142 Å². The van der Waals surface area contributed by atoms with E-state index >= 15 is 0 Å². The number of anilines is 8. The van der Waals surface area contributed by atoms with Gasteiger partial charge in [-0.25, -0.2) is 0 Å². The summed E-state index contributed by atoms with van der Waals surface area (Å²) in [7, 11) is 0. The Bertz CT molecular complexity index is 5100. The predicted octanol–water partition coefficient (Wildman–Crippen LogP) is 18.5. The van der Waals surface area contributed by atoms with Gasteiger partial charge >= 0.3 is 0 Å². The van der Waals surface area contributed by atoms with E-state index in [-0.39, 0.29) is 264 Å². The molecule has 0 radical (unpaired) electrons. The summed E-state index contributed by atoms with van der Waals surface area (Å²) < 4.78 is 61.6. The van der Waals surface area contributed by atoms with Crippen LogP contribution in [-0.4, -0.2) is 149 Å². The quantitative estimate of drug-likeness (QED) is 0.0157. The highest BCUT2D eigenvalue weighted by Crippen LogP contribution is 2.61. The highest BCUT2D eigenvalue weighted by molar-refractivity contribution is 6.04. The first-order valence-corrected chi connectivity index (χ1v) is 50.9. The third-order valence-electron chi connectivity index (χ3n) is 25.4. The zero-order chi connectivity index (χ0) is 103. The largest absolute Gasteiger partial charge is 0.453 e. The first-order valence-electron chi connectivity index (χ1n) is 50.9. The summed E-state index contributed by atoms with van der Waals surface area (Å²) in [6, 6.07) is 28.2. The monoisotopic (exact) mass is 1980 g/mol. The minimum absolute atomic E-state index is 0.0262. The number of ether oxygens (including phenoxy) is 8. The van der Waals surface area contributed by atoms with E-state index in [1.165, 1.54) is 0 Å². The van der Waals surface area contributed by atoms with Crippen LogP contribution in [0.25, 0.3) is 0 Å². The van der Waals surface area contributed by atoms with Crippen molar-refractivity contribution >= 4 is 116 Å². The number of amides is 12. The van der Waals surface area contributed by atoms with Gasteiger partial charge in [0.2, 0.25) is 70.9 Å². The number of benzene rings is 8. The van der Waals surface area contributed by atoms with Gasteiger partial charge in [0.05, 0.1) is 45.5 Å². The molecule has 144 heavy (non-hydrogen) atoms. The molecule has 0 unspecified atom stereocenters. The molecule has 0 spiro atoms. The van der Waals surface area contributed by atoms with Gasteiger partial charge in [-0.2, -0.15) is 0 Å². The number of carbonyl (C=O) groups is 12. The molecule has 12 amide bonds. The van der Waals surface area contributed by atoms with E-state index in [0.29, 0.717) is 149 Å². The third-order valence-corrected chi connectivity index (χ3v) is 25.4. The topological polar surface area (TPSA) is 471 Å². The van der Waals surface area contributed by atoms with Crippen LogP contribution in [0, 0.1) is 0 Å². The van der Waals surface area contributed by atoms with Crippen LogP contribution in [0.1, 0.15) is 280 Å². The lowest BCUT2D eigenvalue weighted by molar-refractivity contribution is -0.121. The van der Waals surface area contributed by atoms with Gasteiger partial charge in [-0.15, -0.1) is 0 Å². The van der Waals surface area contributed by atoms with Gasteiger partial charge in [0, 0.05) is 270 Å². The summed E-state index contributed by atoms with van der Waals surface area (Å²) in [5.41, 5.74) is 5.62. The van der Waals surface area contributed by atoms with E-state index in [1.807, 2.05) is 27.7 Å². The fourth-order valence-electron chi connectivity index (χ4n) is 17.9. The van der Waals surface area contributed by atoms with Gasteiger partial charge in [-0.3, -0.25) is 57.5 Å². The van der Waals surface area contributed by atoms with Crippen LogP contribution in [0.4, 0.5) is 45.5 Å². The van der Waals surface area contributed by atoms with Crippen LogP contribution in [0.15, 0.2) is 97.1 Å². The van der Waals surface area contributed by atoms with Crippen molar-refractivity contribution in [2.45, 2.75) is 235 Å². The van der Waals surface area contributed by atoms with Crippen molar-refractivity contribution in [2.24, 2.45) is 0 Å². The summed E-state index contributed by atoms with van der Waals surface area (Å²) >= 11 is 0. The number of rotatable bonds is 48. The van der Waals surface area contributed by atoms with Crippen molar-refractivity contribution < 1.29 is 95.4 Å². The van der Waals surface area contributed by atoms with E-state index in [9.17, 15) is 57.5 Å². The van der Waals surface area contributed by atoms with Crippen LogP contribution >= 0.6 is 0 Å². The van der Waals surface area contributed by atoms with Crippen molar-refractivity contribution in [3.8, 4) is 92.0 Å². The Hall–Kier alpha value is -14.4. The fraction of sp³-hybridized carbons (Fsp3) is 0.444. The van der Waals surface area contributed by atoms with E-state index in [4.69, 9.17) is 37.9 Å². The minimum Gasteiger partial charge on any atom is -0.453 e. The van der Waals surface area contributed by atoms with E-state index in [2.05, 4.69) is 109 Å². The molecule has 5 aliphatic rings. The molecular weight excluding hydrogens is 1840 g/mol. The molecule has 4 heterocycles. The Morgan fingerprint density at radius 2 is 0.333 bits per heavy atom. The lowest BCUT2D eigenvalue weighted by Crippen LogP contribution is -2.28. The normalized spacial score (nSPS) is 14.4. The lowest BCUT2D eigenvalue weighted by Gasteiger charge is -2.30. The standard InChI is InChI=1S/C108H136N16O20/c1-13-97(125)117-73-49-89-90(50-74(73)118-98(126)14-2)138-82-58-84-68-46-66(82)61(29-25-37-109-41-33-105(133)113-21-9)65-45-67-62(30-26-38-110-42-34-106(134)114-22-10)69-47-71-64(32-28-40-112-44-36-108(136)116-24-12)72-48-70(63(68)31-27-39-111-43-35-107(135)115-23-11)86(142-94-54-78(122-102(130)18-6)77(53-93(94)140-84)121-101(129)17-5)60-88(72)144-96-56-80(124-104(132)20-8)79(123-103(131)19-7)55-95(96)143-87(71)59-85(69)141-92-52-76(120-100(128)16-4)75(119-99(127)15-3)51-91(92)139-83(67)57-81(65)137-89/h45-64,109-112H,13-44H2,1-12H3,(H,113,133)(H,114,134)(H,115,135)(H,116,136)(H,117,125)(H,118,126)(H,119,127)(H,120,128)(H,121,129)(H,122,130)(H,123,131)(H,124,132). The maximum atomic E-state index is 14.1. The second-order valence-corrected chi connectivity index (χ2v) is 35.7. The van der Waals surface area contributed by atoms with Crippen molar-refractivity contribution in [1.82, 2.24) is 42.5 Å². The SMILES string of the molecule is CCNC(=O)CCNCCCC1c2cc3c4cc2Oc2cc(NC(=O)CC)c(NC(=O)CC)cc2Oc2cc5c(cc21)C(CCCNCCC(=O)NCC)c1cc2c(cc1Oc1cc(NC(=O)CC)c(NC(=O)CC)cc1O5)Oc1cc(NC(=O)CC)c(NC(=O)CC)cc1Oc1cc(c(cc1C2CCCNCCC(=O)NCC)C3CCCNCCC(=O)NCC)Oc1cc(NC(=O)CC)c(NC(=O)CC)cc1O4. The van der Waals surface area contributed by atoms with E-state index in [0.717, 1.165) is 0 Å². The zero-order valence-electron chi connectivity index (χ0n) is 84.3. The molecule has 0 saturated carbocycles. The average Bonchev–Trinajstić information content (AvgIpc) is 1.52. The molecule has 16 N–H and O–H groups in total. The van der Waals surface area contributed by atoms with Gasteiger partial charge in [0.25, 0.3) is 0 Å². The predicted molar refractivity (Wildman–Crippen MR) is 552 cm³/mol. The average molecular weight is 1980 g/mol. The Balaban J connectivity index is 1.26. The van der Waals surface area contributed by atoms with Crippen LogP contribution in [0.5, 0.6) is 92.0 Å². The van der Waals surface area contributed by atoms with Crippen LogP contribution in [0.3, 0.4) is 0 Å². The highest BCUT2D eigenvalue weighted by atomic mass is 16.5. The van der Waals surface area contributed by atoms with Gasteiger partial charge in [0.15, 0.2) is 46.0 Å². The van der Waals surface area contributed by atoms with Gasteiger partial charge < -0.3 is 123 Å². The molecule has 8 bridgehead atoms. The van der Waals surface area contributed by atoms with Gasteiger partial charge in [-0.05, 0) is 130 Å². The molecule has 4 aliphatic heterocycles. The molecule has 0 saturated heterocycles. The number of hydrogen-bond acceptors (Lipinski definition) is 24. The molecule has 8 aromatic carbocycles. The van der Waals surface area contributed by atoms with Crippen LogP contribution in [0.2, 0.25) is 0 Å². The van der Waals surface area contributed by atoms with E-state index < -0.39 is 70.9 Å². The molecule has 8 aromatic rings. The summed E-state index contributed by atoms with van der Waals surface area (Å²) in [6.07, 6.45) is 3.70. The summed E-state index contributed by atoms with van der Waals surface area (Å²) in [4.78, 5) is 166. The lowest BCUT2D eigenvalue weighted by atomic mass is 9.76. The molecule has 13 rings (SSSR count). The zero-order valence-corrected chi connectivity index (χ0v) is 84.3. The summed E-state index contributed by atoms with van der Waals surface area (Å²) in [6.45, 7) is 25.5. The van der Waals surface area contributed by atoms with Gasteiger partial charge in [-0.1, -0.05) is 55.4 Å². The third kappa shape index (κ3) is 27.3. The number of carbonyl (C=O) groups excluding carboxylic acids is 12. The fourth-order valence-corrected chi connectivity index (χ4v) is 17.9. The van der Waals surface area contributed by atoms with Crippen LogP contribution in [-0.2, 0) is 57.5 Å². The second-order valence-electron chi connectivity index (χ2n) is 35.7. The molecule has 768 valence electrons. The van der Waals surface area contributed by atoms with Crippen molar-refractivity contribution in [1.29, 1.82) is 0 Å². The first kappa shape index (κ1) is 107. The maximum absolute atomic E-state index is 14.1. The summed E-state index contributed by atoms with van der Waals surface area (Å²) in [5, 5.41) is 50.0. The van der Waals surface area contributed by atoms with Crippen LogP contribution < -0.4 is 123 Å². The second kappa shape index (κ2) is 51.5. The highest BCUT2D eigenvalue weighted by Gasteiger charge is 2.41. The maximum Gasteiger partial charge on any atom is 0.224 e. The van der Waals surface area contributed by atoms with Crippen molar-refractivity contribution in [3.63, 3.8) is 0 Å². The molecular formula is C108H136N16O20. The Kier molecular flexibility index (Phi) is 38.3. The smallest absolute Gasteiger partial charge is 0.224 e. The molecule has 0 fully saturated rings. The van der Waals surface area contributed by atoms with Crippen molar-refractivity contribution in [2.75, 3.05) is 121 Å². The number of nitrogens with one attached hydrogen (secondary N) is 16. The Labute approximate surface area is 839 Å².